The SMILES string of the molecule is O=C(N[C@H]1CCNC[C@@H]1F)C1(Cc2ccccc2)CC1. The fourth-order valence-electron chi connectivity index (χ4n) is 2.93. The van der Waals surface area contributed by atoms with E-state index in [0.29, 0.717) is 13.0 Å². The Kier molecular flexibility index (Phi) is 3.74. The molecule has 1 heterocycles. The molecule has 3 rings (SSSR count). The molecule has 0 spiro atoms. The lowest BCUT2D eigenvalue weighted by molar-refractivity contribution is -0.127. The topological polar surface area (TPSA) is 41.1 Å². The van der Waals surface area contributed by atoms with Gasteiger partial charge in [-0.25, -0.2) is 4.39 Å². The van der Waals surface area contributed by atoms with Gasteiger partial charge >= 0.3 is 0 Å². The van der Waals surface area contributed by atoms with E-state index in [-0.39, 0.29) is 17.4 Å². The lowest BCUT2D eigenvalue weighted by Gasteiger charge is -2.29. The molecular weight excluding hydrogens is 255 g/mol. The van der Waals surface area contributed by atoms with E-state index in [0.717, 1.165) is 25.8 Å². The molecule has 2 N–H and O–H groups in total. The number of carbonyl (C=O) groups excluding carboxylic acids is 1. The Morgan fingerprint density at radius 2 is 2.10 bits per heavy atom. The number of nitrogens with one attached hydrogen (secondary N) is 2. The van der Waals surface area contributed by atoms with Crippen LogP contribution in [-0.2, 0) is 11.2 Å². The summed E-state index contributed by atoms with van der Waals surface area (Å²) in [6.45, 7) is 1.12. The Labute approximate surface area is 118 Å². The molecule has 1 aromatic rings. The van der Waals surface area contributed by atoms with Crippen LogP contribution in [0.15, 0.2) is 30.3 Å². The van der Waals surface area contributed by atoms with E-state index in [1.807, 2.05) is 18.2 Å². The van der Waals surface area contributed by atoms with Crippen LogP contribution >= 0.6 is 0 Å². The molecule has 1 aliphatic carbocycles. The van der Waals surface area contributed by atoms with Crippen LogP contribution in [0.25, 0.3) is 0 Å². The molecule has 2 aliphatic rings. The summed E-state index contributed by atoms with van der Waals surface area (Å²) in [5, 5.41) is 5.94. The molecule has 3 nitrogen and oxygen atoms in total. The smallest absolute Gasteiger partial charge is 0.226 e. The summed E-state index contributed by atoms with van der Waals surface area (Å²) in [5.41, 5.74) is 0.897. The van der Waals surface area contributed by atoms with Crippen molar-refractivity contribution in [1.29, 1.82) is 0 Å². The summed E-state index contributed by atoms with van der Waals surface area (Å²) < 4.78 is 13.8. The van der Waals surface area contributed by atoms with Crippen LogP contribution in [0.5, 0.6) is 0 Å². The van der Waals surface area contributed by atoms with E-state index in [2.05, 4.69) is 22.8 Å². The number of benzene rings is 1. The Bertz CT molecular complexity index is 473. The predicted octanol–water partition coefficient (Wildman–Crippen LogP) is 1.83. The third-order valence-corrected chi connectivity index (χ3v) is 4.45. The van der Waals surface area contributed by atoms with Gasteiger partial charge in [0, 0.05) is 6.54 Å². The van der Waals surface area contributed by atoms with Gasteiger partial charge in [-0.2, -0.15) is 0 Å². The summed E-state index contributed by atoms with van der Waals surface area (Å²) in [5.74, 6) is 0.0379. The zero-order valence-corrected chi connectivity index (χ0v) is 11.6. The first kappa shape index (κ1) is 13.6. The molecule has 1 aliphatic heterocycles. The molecule has 20 heavy (non-hydrogen) atoms. The molecule has 0 aromatic heterocycles. The molecule has 0 unspecified atom stereocenters. The van der Waals surface area contributed by atoms with Gasteiger partial charge in [-0.05, 0) is 37.8 Å². The van der Waals surface area contributed by atoms with Crippen LogP contribution in [0.4, 0.5) is 4.39 Å². The second-order valence-corrected chi connectivity index (χ2v) is 6.03. The highest BCUT2D eigenvalue weighted by atomic mass is 19.1. The van der Waals surface area contributed by atoms with Crippen molar-refractivity contribution in [1.82, 2.24) is 10.6 Å². The third-order valence-electron chi connectivity index (χ3n) is 4.45. The van der Waals surface area contributed by atoms with E-state index in [4.69, 9.17) is 0 Å². The first-order valence-corrected chi connectivity index (χ1v) is 7.39. The Balaban J connectivity index is 1.61. The van der Waals surface area contributed by atoms with Gasteiger partial charge in [0.15, 0.2) is 0 Å². The van der Waals surface area contributed by atoms with Crippen LogP contribution in [0.2, 0.25) is 0 Å². The highest BCUT2D eigenvalue weighted by molar-refractivity contribution is 5.86. The van der Waals surface area contributed by atoms with Gasteiger partial charge in [0.05, 0.1) is 11.5 Å². The summed E-state index contributed by atoms with van der Waals surface area (Å²) in [6, 6.07) is 9.75. The van der Waals surface area contributed by atoms with Gasteiger partial charge < -0.3 is 10.6 Å². The minimum absolute atomic E-state index is 0.0379. The van der Waals surface area contributed by atoms with Gasteiger partial charge in [0.2, 0.25) is 5.91 Å². The third kappa shape index (κ3) is 2.85. The molecule has 1 aromatic carbocycles. The number of alkyl halides is 1. The van der Waals surface area contributed by atoms with E-state index in [1.165, 1.54) is 5.56 Å². The molecule has 108 valence electrons. The van der Waals surface area contributed by atoms with Crippen molar-refractivity contribution in [3.8, 4) is 0 Å². The predicted molar refractivity (Wildman–Crippen MR) is 76.1 cm³/mol. The maximum absolute atomic E-state index is 13.8. The average Bonchev–Trinajstić information content (AvgIpc) is 3.23. The quantitative estimate of drug-likeness (QED) is 0.881. The summed E-state index contributed by atoms with van der Waals surface area (Å²) in [7, 11) is 0. The number of amides is 1. The number of hydrogen-bond donors (Lipinski definition) is 2. The number of hydrogen-bond acceptors (Lipinski definition) is 2. The maximum atomic E-state index is 13.8. The van der Waals surface area contributed by atoms with E-state index in [1.54, 1.807) is 0 Å². The standard InChI is InChI=1S/C16H21FN2O/c17-13-11-18-9-6-14(13)19-15(20)16(7-8-16)10-12-4-2-1-3-5-12/h1-5,13-14,18H,6-11H2,(H,19,20)/t13-,14-/m0/s1. The highest BCUT2D eigenvalue weighted by Gasteiger charge is 2.50. The second-order valence-electron chi connectivity index (χ2n) is 6.03. The minimum atomic E-state index is -0.972. The average molecular weight is 276 g/mol. The zero-order valence-electron chi connectivity index (χ0n) is 11.6. The van der Waals surface area contributed by atoms with E-state index < -0.39 is 6.17 Å². The van der Waals surface area contributed by atoms with Gasteiger partial charge in [0.25, 0.3) is 0 Å². The Morgan fingerprint density at radius 1 is 1.35 bits per heavy atom. The van der Waals surface area contributed by atoms with Crippen LogP contribution in [0, 0.1) is 5.41 Å². The van der Waals surface area contributed by atoms with Crippen LogP contribution in [0.1, 0.15) is 24.8 Å². The summed E-state index contributed by atoms with van der Waals surface area (Å²) >= 11 is 0. The van der Waals surface area contributed by atoms with Crippen LogP contribution in [0.3, 0.4) is 0 Å². The Hall–Kier alpha value is -1.42. The van der Waals surface area contributed by atoms with Gasteiger partial charge in [-0.1, -0.05) is 30.3 Å². The maximum Gasteiger partial charge on any atom is 0.226 e. The number of halogens is 1. The first-order chi connectivity index (χ1) is 9.70. The van der Waals surface area contributed by atoms with Crippen molar-refractivity contribution in [3.05, 3.63) is 35.9 Å². The van der Waals surface area contributed by atoms with Crippen molar-refractivity contribution in [2.75, 3.05) is 13.1 Å². The zero-order chi connectivity index (χ0) is 14.0. The van der Waals surface area contributed by atoms with Crippen LogP contribution < -0.4 is 10.6 Å². The molecule has 1 saturated heterocycles. The number of rotatable bonds is 4. The van der Waals surface area contributed by atoms with Gasteiger partial charge in [0.1, 0.15) is 6.17 Å². The fourth-order valence-corrected chi connectivity index (χ4v) is 2.93. The van der Waals surface area contributed by atoms with Gasteiger partial charge in [-0.15, -0.1) is 0 Å². The van der Waals surface area contributed by atoms with Crippen molar-refractivity contribution >= 4 is 5.91 Å². The van der Waals surface area contributed by atoms with Crippen molar-refractivity contribution in [3.63, 3.8) is 0 Å². The molecule has 1 saturated carbocycles. The lowest BCUT2D eigenvalue weighted by Crippen LogP contribution is -2.52. The normalized spacial score (nSPS) is 27.9. The monoisotopic (exact) mass is 276 g/mol. The summed E-state index contributed by atoms with van der Waals surface area (Å²) in [6.07, 6.45) is 2.29. The van der Waals surface area contributed by atoms with Gasteiger partial charge in [-0.3, -0.25) is 4.79 Å². The number of carbonyl (C=O) groups is 1. The van der Waals surface area contributed by atoms with Crippen molar-refractivity contribution in [2.24, 2.45) is 5.41 Å². The molecule has 0 bridgehead atoms. The number of piperidine rings is 1. The first-order valence-electron chi connectivity index (χ1n) is 7.39. The summed E-state index contributed by atoms with van der Waals surface area (Å²) in [4.78, 5) is 12.4. The molecule has 2 atom stereocenters. The highest BCUT2D eigenvalue weighted by Crippen LogP contribution is 2.48. The van der Waals surface area contributed by atoms with Crippen molar-refractivity contribution in [2.45, 2.75) is 37.9 Å². The lowest BCUT2D eigenvalue weighted by atomic mass is 9.94. The minimum Gasteiger partial charge on any atom is -0.350 e. The van der Waals surface area contributed by atoms with Crippen molar-refractivity contribution < 1.29 is 9.18 Å². The Morgan fingerprint density at radius 3 is 2.75 bits per heavy atom. The second kappa shape index (κ2) is 5.52. The van der Waals surface area contributed by atoms with Crippen LogP contribution in [-0.4, -0.2) is 31.2 Å². The molecule has 0 radical (unpaired) electrons. The molecule has 1 amide bonds. The van der Waals surface area contributed by atoms with E-state index >= 15 is 0 Å². The largest absolute Gasteiger partial charge is 0.350 e. The molecular formula is C16H21FN2O. The molecule has 2 fully saturated rings. The fraction of sp³-hybridized carbons (Fsp3) is 0.562. The van der Waals surface area contributed by atoms with E-state index in [9.17, 15) is 9.18 Å². The molecule has 4 heteroatoms.